The Bertz CT molecular complexity index is 284. The number of anilines is 1. The molecular weight excluding hydrogens is 162 g/mol. The summed E-state index contributed by atoms with van der Waals surface area (Å²) in [5, 5.41) is 14.8. The van der Waals surface area contributed by atoms with Crippen molar-refractivity contribution in [1.29, 1.82) is 5.26 Å². The maximum Gasteiger partial charge on any atom is 0.0991 e. The minimum Gasteiger partial charge on any atom is -0.384 e. The Labute approximate surface area is 78.4 Å². The van der Waals surface area contributed by atoms with E-state index >= 15 is 0 Å². The van der Waals surface area contributed by atoms with Gasteiger partial charge in [0.05, 0.1) is 11.6 Å². The van der Waals surface area contributed by atoms with Gasteiger partial charge < -0.3 is 10.6 Å². The Hall–Kier alpha value is -1.53. The van der Waals surface area contributed by atoms with Gasteiger partial charge in [0.25, 0.3) is 0 Å². The number of nitriles is 1. The summed E-state index contributed by atoms with van der Waals surface area (Å²) < 4.78 is 0. The highest BCUT2D eigenvalue weighted by molar-refractivity contribution is 5.47. The monoisotopic (exact) mass is 175 g/mol. The highest BCUT2D eigenvalue weighted by Crippen LogP contribution is 2.07. The van der Waals surface area contributed by atoms with Gasteiger partial charge in [-0.2, -0.15) is 5.26 Å². The van der Waals surface area contributed by atoms with Crippen molar-refractivity contribution in [2.75, 3.05) is 25.5 Å². The number of hydrogen-bond acceptors (Lipinski definition) is 3. The molecule has 0 saturated heterocycles. The molecule has 0 bridgehead atoms. The fourth-order valence-corrected chi connectivity index (χ4v) is 0.994. The van der Waals surface area contributed by atoms with Crippen molar-refractivity contribution in [1.82, 2.24) is 5.32 Å². The fourth-order valence-electron chi connectivity index (χ4n) is 0.994. The number of nitrogens with one attached hydrogen (secondary N) is 2. The Kier molecular flexibility index (Phi) is 3.80. The molecule has 3 nitrogen and oxygen atoms in total. The minimum atomic E-state index is 0.694. The van der Waals surface area contributed by atoms with Crippen molar-refractivity contribution in [3.05, 3.63) is 29.8 Å². The molecule has 0 radical (unpaired) electrons. The van der Waals surface area contributed by atoms with Gasteiger partial charge in [0.15, 0.2) is 0 Å². The molecule has 0 heterocycles. The Morgan fingerprint density at radius 3 is 2.46 bits per heavy atom. The third-order valence-corrected chi connectivity index (χ3v) is 1.72. The molecule has 68 valence electrons. The lowest BCUT2D eigenvalue weighted by atomic mass is 10.2. The standard InChI is InChI=1S/C10H13N3/c1-12-6-7-13-10-4-2-9(8-11)3-5-10/h2-5,12-13H,6-7H2,1H3. The lowest BCUT2D eigenvalue weighted by Crippen LogP contribution is -2.17. The zero-order valence-electron chi connectivity index (χ0n) is 7.67. The summed E-state index contributed by atoms with van der Waals surface area (Å²) in [5.74, 6) is 0. The first-order valence-corrected chi connectivity index (χ1v) is 4.25. The lowest BCUT2D eigenvalue weighted by Gasteiger charge is -2.04. The van der Waals surface area contributed by atoms with Crippen LogP contribution in [0, 0.1) is 11.3 Å². The molecule has 0 aromatic heterocycles. The molecule has 1 aromatic carbocycles. The summed E-state index contributed by atoms with van der Waals surface area (Å²) in [7, 11) is 1.92. The summed E-state index contributed by atoms with van der Waals surface area (Å²) >= 11 is 0. The largest absolute Gasteiger partial charge is 0.384 e. The van der Waals surface area contributed by atoms with Gasteiger partial charge in [0.1, 0.15) is 0 Å². The SMILES string of the molecule is CNCCNc1ccc(C#N)cc1. The van der Waals surface area contributed by atoms with E-state index in [2.05, 4.69) is 16.7 Å². The van der Waals surface area contributed by atoms with E-state index in [9.17, 15) is 0 Å². The van der Waals surface area contributed by atoms with E-state index in [1.165, 1.54) is 0 Å². The van der Waals surface area contributed by atoms with Gasteiger partial charge in [-0.1, -0.05) is 0 Å². The number of benzene rings is 1. The summed E-state index contributed by atoms with van der Waals surface area (Å²) in [6, 6.07) is 9.52. The first-order chi connectivity index (χ1) is 6.36. The van der Waals surface area contributed by atoms with Crippen LogP contribution in [0.1, 0.15) is 5.56 Å². The number of rotatable bonds is 4. The van der Waals surface area contributed by atoms with E-state index in [-0.39, 0.29) is 0 Å². The van der Waals surface area contributed by atoms with Crippen molar-refractivity contribution in [3.63, 3.8) is 0 Å². The molecule has 0 aliphatic heterocycles. The summed E-state index contributed by atoms with van der Waals surface area (Å²) in [4.78, 5) is 0. The molecule has 0 fully saturated rings. The van der Waals surface area contributed by atoms with Gasteiger partial charge in [-0.25, -0.2) is 0 Å². The van der Waals surface area contributed by atoms with Gasteiger partial charge in [-0.3, -0.25) is 0 Å². The van der Waals surface area contributed by atoms with E-state index in [1.807, 2.05) is 31.3 Å². The average Bonchev–Trinajstić information content (AvgIpc) is 2.19. The maximum atomic E-state index is 8.56. The smallest absolute Gasteiger partial charge is 0.0991 e. The molecule has 0 aliphatic rings. The molecular formula is C10H13N3. The van der Waals surface area contributed by atoms with E-state index in [0.717, 1.165) is 18.8 Å². The van der Waals surface area contributed by atoms with Crippen molar-refractivity contribution >= 4 is 5.69 Å². The van der Waals surface area contributed by atoms with E-state index in [0.29, 0.717) is 5.56 Å². The summed E-state index contributed by atoms with van der Waals surface area (Å²) in [6.45, 7) is 1.82. The van der Waals surface area contributed by atoms with Crippen LogP contribution in [0.3, 0.4) is 0 Å². The lowest BCUT2D eigenvalue weighted by molar-refractivity contribution is 0.824. The minimum absolute atomic E-state index is 0.694. The molecule has 13 heavy (non-hydrogen) atoms. The van der Waals surface area contributed by atoms with Crippen LogP contribution in [0.4, 0.5) is 5.69 Å². The van der Waals surface area contributed by atoms with Crippen LogP contribution in [-0.4, -0.2) is 20.1 Å². The molecule has 0 aliphatic carbocycles. The first kappa shape index (κ1) is 9.56. The second-order valence-corrected chi connectivity index (χ2v) is 2.72. The zero-order chi connectivity index (χ0) is 9.52. The van der Waals surface area contributed by atoms with Crippen molar-refractivity contribution in [2.24, 2.45) is 0 Å². The van der Waals surface area contributed by atoms with Crippen molar-refractivity contribution < 1.29 is 0 Å². The molecule has 3 heteroatoms. The third kappa shape index (κ3) is 3.14. The van der Waals surface area contributed by atoms with Gasteiger partial charge in [0, 0.05) is 18.8 Å². The number of hydrogen-bond donors (Lipinski definition) is 2. The van der Waals surface area contributed by atoms with Crippen LogP contribution in [0.15, 0.2) is 24.3 Å². The Morgan fingerprint density at radius 2 is 1.92 bits per heavy atom. The Morgan fingerprint density at radius 1 is 1.23 bits per heavy atom. The zero-order valence-corrected chi connectivity index (χ0v) is 7.67. The molecule has 0 atom stereocenters. The Balaban J connectivity index is 2.46. The second-order valence-electron chi connectivity index (χ2n) is 2.72. The second kappa shape index (κ2) is 5.18. The molecule has 0 saturated carbocycles. The number of nitrogens with zero attached hydrogens (tertiary/aromatic N) is 1. The van der Waals surface area contributed by atoms with Gasteiger partial charge >= 0.3 is 0 Å². The number of likely N-dealkylation sites (N-methyl/N-ethyl adjacent to an activating group) is 1. The van der Waals surface area contributed by atoms with Crippen LogP contribution in [0.25, 0.3) is 0 Å². The van der Waals surface area contributed by atoms with E-state index < -0.39 is 0 Å². The van der Waals surface area contributed by atoms with Gasteiger partial charge in [-0.15, -0.1) is 0 Å². The van der Waals surface area contributed by atoms with Crippen molar-refractivity contribution in [3.8, 4) is 6.07 Å². The molecule has 2 N–H and O–H groups in total. The van der Waals surface area contributed by atoms with Gasteiger partial charge in [-0.05, 0) is 31.3 Å². The predicted octanol–water partition coefficient (Wildman–Crippen LogP) is 1.19. The highest BCUT2D eigenvalue weighted by Gasteiger charge is 1.91. The summed E-state index contributed by atoms with van der Waals surface area (Å²) in [5.41, 5.74) is 1.74. The molecule has 0 unspecified atom stereocenters. The van der Waals surface area contributed by atoms with Crippen LogP contribution in [-0.2, 0) is 0 Å². The highest BCUT2D eigenvalue weighted by atomic mass is 14.9. The molecule has 0 amide bonds. The normalized spacial score (nSPS) is 9.23. The third-order valence-electron chi connectivity index (χ3n) is 1.72. The predicted molar refractivity (Wildman–Crippen MR) is 53.6 cm³/mol. The van der Waals surface area contributed by atoms with E-state index in [4.69, 9.17) is 5.26 Å². The maximum absolute atomic E-state index is 8.56. The molecule has 1 aromatic rings. The average molecular weight is 175 g/mol. The topological polar surface area (TPSA) is 47.8 Å². The molecule has 1 rings (SSSR count). The summed E-state index contributed by atoms with van der Waals surface area (Å²) in [6.07, 6.45) is 0. The van der Waals surface area contributed by atoms with Crippen molar-refractivity contribution in [2.45, 2.75) is 0 Å². The van der Waals surface area contributed by atoms with Crippen LogP contribution < -0.4 is 10.6 Å². The first-order valence-electron chi connectivity index (χ1n) is 4.25. The van der Waals surface area contributed by atoms with Crippen LogP contribution in [0.5, 0.6) is 0 Å². The van der Waals surface area contributed by atoms with E-state index in [1.54, 1.807) is 0 Å². The quantitative estimate of drug-likeness (QED) is 0.676. The fraction of sp³-hybridized carbons (Fsp3) is 0.300. The van der Waals surface area contributed by atoms with Crippen LogP contribution in [0.2, 0.25) is 0 Å². The van der Waals surface area contributed by atoms with Crippen LogP contribution >= 0.6 is 0 Å². The van der Waals surface area contributed by atoms with Gasteiger partial charge in [0.2, 0.25) is 0 Å². The molecule has 0 spiro atoms.